The lowest BCUT2D eigenvalue weighted by atomic mass is 10.1. The van der Waals surface area contributed by atoms with Gasteiger partial charge in [-0.1, -0.05) is 12.1 Å². The van der Waals surface area contributed by atoms with E-state index in [1.165, 1.54) is 0 Å². The van der Waals surface area contributed by atoms with E-state index >= 15 is 0 Å². The second-order valence-electron chi connectivity index (χ2n) is 2.66. The van der Waals surface area contributed by atoms with Crippen LogP contribution in [0.15, 0.2) is 36.7 Å². The number of carbonyl (C=O) groups excluding carboxylic acids is 1. The van der Waals surface area contributed by atoms with Crippen molar-refractivity contribution in [1.82, 2.24) is 4.98 Å². The highest BCUT2D eigenvalue weighted by Gasteiger charge is 1.97. The Hall–Kier alpha value is -1.90. The van der Waals surface area contributed by atoms with Crippen molar-refractivity contribution in [3.05, 3.63) is 36.7 Å². The zero-order chi connectivity index (χ0) is 9.10. The monoisotopic (exact) mass is 172 g/mol. The molecule has 0 aliphatic carbocycles. The largest absolute Gasteiger partial charge is 0.328 e. The molecule has 0 fully saturated rings. The third-order valence-corrected chi connectivity index (χ3v) is 1.90. The fourth-order valence-corrected chi connectivity index (χ4v) is 1.30. The van der Waals surface area contributed by atoms with Crippen molar-refractivity contribution in [1.29, 1.82) is 0 Å². The Kier molecular flexibility index (Phi) is 1.92. The van der Waals surface area contributed by atoms with Crippen molar-refractivity contribution in [2.24, 2.45) is 0 Å². The molecule has 0 unspecified atom stereocenters. The van der Waals surface area contributed by atoms with Gasteiger partial charge in [-0.25, -0.2) is 0 Å². The second kappa shape index (κ2) is 3.23. The number of rotatable bonds is 2. The summed E-state index contributed by atoms with van der Waals surface area (Å²) in [7, 11) is 0. The summed E-state index contributed by atoms with van der Waals surface area (Å²) in [6.07, 6.45) is 4.13. The molecule has 3 heteroatoms. The zero-order valence-corrected chi connectivity index (χ0v) is 6.90. The number of fused-ring (bicyclic) bond motifs is 1. The number of pyridine rings is 1. The topological polar surface area (TPSA) is 42.0 Å². The number of nitrogens with one attached hydrogen (secondary N) is 1. The molecule has 0 aliphatic heterocycles. The van der Waals surface area contributed by atoms with Gasteiger partial charge in [0, 0.05) is 23.5 Å². The number of nitrogens with zero attached hydrogens (tertiary/aromatic N) is 1. The van der Waals surface area contributed by atoms with Gasteiger partial charge in [0.2, 0.25) is 6.41 Å². The maximum atomic E-state index is 10.3. The third kappa shape index (κ3) is 1.36. The van der Waals surface area contributed by atoms with Crippen molar-refractivity contribution in [3.63, 3.8) is 0 Å². The predicted octanol–water partition coefficient (Wildman–Crippen LogP) is 1.80. The summed E-state index contributed by atoms with van der Waals surface area (Å²) in [5, 5.41) is 4.66. The van der Waals surface area contributed by atoms with E-state index < -0.39 is 0 Å². The Balaban J connectivity index is 2.68. The molecule has 0 atom stereocenters. The standard InChI is InChI=1S/C10H8N2O/c13-7-12-10-3-1-2-8-4-5-11-6-9(8)10/h1-7H,(H,12,13). The molecule has 1 aromatic carbocycles. The molecular weight excluding hydrogens is 164 g/mol. The van der Waals surface area contributed by atoms with Gasteiger partial charge in [-0.2, -0.15) is 0 Å². The number of anilines is 1. The van der Waals surface area contributed by atoms with Crippen molar-refractivity contribution in [3.8, 4) is 0 Å². The highest BCUT2D eigenvalue weighted by Crippen LogP contribution is 2.20. The average molecular weight is 172 g/mol. The van der Waals surface area contributed by atoms with E-state index in [4.69, 9.17) is 0 Å². The first-order chi connectivity index (χ1) is 6.42. The van der Waals surface area contributed by atoms with Crippen LogP contribution in [0.1, 0.15) is 0 Å². The van der Waals surface area contributed by atoms with Gasteiger partial charge in [-0.15, -0.1) is 0 Å². The molecule has 3 nitrogen and oxygen atoms in total. The Labute approximate surface area is 75.4 Å². The van der Waals surface area contributed by atoms with E-state index in [2.05, 4.69) is 10.3 Å². The summed E-state index contributed by atoms with van der Waals surface area (Å²) in [5.74, 6) is 0. The molecule has 1 amide bonds. The van der Waals surface area contributed by atoms with E-state index in [9.17, 15) is 4.79 Å². The molecular formula is C10H8N2O. The van der Waals surface area contributed by atoms with Crippen LogP contribution in [0.5, 0.6) is 0 Å². The first kappa shape index (κ1) is 7.73. The fraction of sp³-hybridized carbons (Fsp3) is 0. The van der Waals surface area contributed by atoms with E-state index in [1.54, 1.807) is 12.4 Å². The van der Waals surface area contributed by atoms with Crippen LogP contribution >= 0.6 is 0 Å². The fourth-order valence-electron chi connectivity index (χ4n) is 1.30. The summed E-state index contributed by atoms with van der Waals surface area (Å²) >= 11 is 0. The van der Waals surface area contributed by atoms with Crippen molar-refractivity contribution in [2.75, 3.05) is 5.32 Å². The van der Waals surface area contributed by atoms with Crippen molar-refractivity contribution < 1.29 is 4.79 Å². The average Bonchev–Trinajstić information content (AvgIpc) is 2.19. The summed E-state index contributed by atoms with van der Waals surface area (Å²) in [6, 6.07) is 7.63. The number of amides is 1. The molecule has 0 saturated heterocycles. The van der Waals surface area contributed by atoms with Crippen LogP contribution < -0.4 is 5.32 Å². The lowest BCUT2D eigenvalue weighted by Crippen LogP contribution is -1.94. The van der Waals surface area contributed by atoms with Gasteiger partial charge >= 0.3 is 0 Å². The first-order valence-electron chi connectivity index (χ1n) is 3.95. The smallest absolute Gasteiger partial charge is 0.211 e. The number of carbonyl (C=O) groups is 1. The highest BCUT2D eigenvalue weighted by molar-refractivity contribution is 5.96. The van der Waals surface area contributed by atoms with Crippen LogP contribution in [0, 0.1) is 0 Å². The van der Waals surface area contributed by atoms with Crippen LogP contribution in [0.4, 0.5) is 5.69 Å². The van der Waals surface area contributed by atoms with E-state index in [0.29, 0.717) is 6.41 Å². The summed E-state index contributed by atoms with van der Waals surface area (Å²) in [4.78, 5) is 14.3. The maximum Gasteiger partial charge on any atom is 0.211 e. The minimum absolute atomic E-state index is 0.668. The Morgan fingerprint density at radius 3 is 3.08 bits per heavy atom. The van der Waals surface area contributed by atoms with Crippen LogP contribution in [-0.2, 0) is 4.79 Å². The number of benzene rings is 1. The minimum Gasteiger partial charge on any atom is -0.328 e. The molecule has 0 spiro atoms. The zero-order valence-electron chi connectivity index (χ0n) is 6.90. The van der Waals surface area contributed by atoms with Crippen LogP contribution in [0.25, 0.3) is 10.8 Å². The molecule has 0 saturated carbocycles. The molecule has 1 aromatic heterocycles. The van der Waals surface area contributed by atoms with Gasteiger partial charge < -0.3 is 5.32 Å². The van der Waals surface area contributed by atoms with Gasteiger partial charge in [0.1, 0.15) is 0 Å². The lowest BCUT2D eigenvalue weighted by molar-refractivity contribution is -0.105. The SMILES string of the molecule is O=CNc1cccc2ccncc12. The van der Waals surface area contributed by atoms with E-state index in [0.717, 1.165) is 16.5 Å². The Morgan fingerprint density at radius 2 is 2.23 bits per heavy atom. The Morgan fingerprint density at radius 1 is 1.31 bits per heavy atom. The third-order valence-electron chi connectivity index (χ3n) is 1.90. The predicted molar refractivity (Wildman–Crippen MR) is 51.4 cm³/mol. The molecule has 0 radical (unpaired) electrons. The summed E-state index contributed by atoms with van der Waals surface area (Å²) in [6.45, 7) is 0. The molecule has 0 bridgehead atoms. The molecule has 1 heterocycles. The maximum absolute atomic E-state index is 10.3. The second-order valence-corrected chi connectivity index (χ2v) is 2.66. The quantitative estimate of drug-likeness (QED) is 0.702. The van der Waals surface area contributed by atoms with E-state index in [-0.39, 0.29) is 0 Å². The van der Waals surface area contributed by atoms with Crippen LogP contribution in [0.3, 0.4) is 0 Å². The van der Waals surface area contributed by atoms with E-state index in [1.807, 2.05) is 24.3 Å². The van der Waals surface area contributed by atoms with Gasteiger partial charge in [-0.05, 0) is 17.5 Å². The molecule has 2 aromatic rings. The molecule has 2 rings (SSSR count). The van der Waals surface area contributed by atoms with Gasteiger partial charge in [0.15, 0.2) is 0 Å². The summed E-state index contributed by atoms with van der Waals surface area (Å²) in [5.41, 5.74) is 0.792. The number of hydrogen-bond donors (Lipinski definition) is 1. The lowest BCUT2D eigenvalue weighted by Gasteiger charge is -2.02. The van der Waals surface area contributed by atoms with Crippen molar-refractivity contribution in [2.45, 2.75) is 0 Å². The van der Waals surface area contributed by atoms with Crippen LogP contribution in [0.2, 0.25) is 0 Å². The first-order valence-corrected chi connectivity index (χ1v) is 3.95. The molecule has 13 heavy (non-hydrogen) atoms. The molecule has 0 aliphatic rings. The minimum atomic E-state index is 0.668. The number of aromatic nitrogens is 1. The van der Waals surface area contributed by atoms with Gasteiger partial charge in [0.25, 0.3) is 0 Å². The van der Waals surface area contributed by atoms with Crippen LogP contribution in [-0.4, -0.2) is 11.4 Å². The highest BCUT2D eigenvalue weighted by atomic mass is 16.1. The van der Waals surface area contributed by atoms with Gasteiger partial charge in [-0.3, -0.25) is 9.78 Å². The molecule has 64 valence electrons. The normalized spacial score (nSPS) is 9.85. The summed E-state index contributed by atoms with van der Waals surface area (Å²) < 4.78 is 0. The Bertz CT molecular complexity index is 434. The molecule has 1 N–H and O–H groups in total. The van der Waals surface area contributed by atoms with Gasteiger partial charge in [0.05, 0.1) is 0 Å². The van der Waals surface area contributed by atoms with Crippen molar-refractivity contribution >= 4 is 22.9 Å². The number of hydrogen-bond acceptors (Lipinski definition) is 2.